The number of carbonyl (C=O) groups is 1. The molecular weight excluding hydrogens is 524 g/mol. The first-order chi connectivity index (χ1) is 7.67. The maximum absolute atomic E-state index is 10.8. The van der Waals surface area contributed by atoms with Crippen LogP contribution in [0.5, 0.6) is 0 Å². The van der Waals surface area contributed by atoms with E-state index in [1.54, 1.807) is 0 Å². The first kappa shape index (κ1) is 32.5. The van der Waals surface area contributed by atoms with Gasteiger partial charge in [-0.25, -0.2) is 0 Å². The summed E-state index contributed by atoms with van der Waals surface area (Å²) in [4.78, 5) is 12.4. The van der Waals surface area contributed by atoms with E-state index >= 15 is 0 Å². The third-order valence-corrected chi connectivity index (χ3v) is 2.13. The zero-order chi connectivity index (χ0) is 13.0. The minimum absolute atomic E-state index is 0. The van der Waals surface area contributed by atoms with Crippen molar-refractivity contribution in [1.82, 2.24) is 4.90 Å². The Bertz CT molecular complexity index is 178. The van der Waals surface area contributed by atoms with Crippen LogP contribution in [0.25, 0.3) is 0 Å². The molecule has 0 aromatic carbocycles. The molecule has 117 valence electrons. The third kappa shape index (κ3) is 17.5. The number of aliphatic hydroxyl groups is 2. The van der Waals surface area contributed by atoms with E-state index in [0.29, 0.717) is 12.2 Å². The van der Waals surface area contributed by atoms with Crippen LogP contribution in [0.2, 0.25) is 0 Å². The molecule has 1 unspecified atom stereocenters. The predicted molar refractivity (Wildman–Crippen MR) is 65.4 cm³/mol. The average Bonchev–Trinajstić information content (AvgIpc) is 2.28. The fourth-order valence-electron chi connectivity index (χ4n) is 1.25. The molecule has 0 rings (SSSR count). The van der Waals surface area contributed by atoms with E-state index in [2.05, 4.69) is 0 Å². The molecule has 0 amide bonds. The van der Waals surface area contributed by atoms with Gasteiger partial charge in [-0.1, -0.05) is 13.8 Å². The van der Waals surface area contributed by atoms with E-state index in [0.717, 1.165) is 0 Å². The Balaban J connectivity index is -0.000000124. The SMILES string of the molecule is CC.O=C(O)C(CC[S-])N(CCO)CCO.[Ir].[V].[V]. The van der Waals surface area contributed by atoms with Gasteiger partial charge in [0.25, 0.3) is 0 Å². The number of hydrogen-bond donors (Lipinski definition) is 3. The van der Waals surface area contributed by atoms with E-state index in [9.17, 15) is 4.79 Å². The largest absolute Gasteiger partial charge is 0.793 e. The summed E-state index contributed by atoms with van der Waals surface area (Å²) < 4.78 is 0. The van der Waals surface area contributed by atoms with Crippen LogP contribution in [0, 0.1) is 0 Å². The zero-order valence-corrected chi connectivity index (χ0v) is 17.2. The second-order valence-corrected chi connectivity index (χ2v) is 3.24. The van der Waals surface area contributed by atoms with E-state index in [-0.39, 0.29) is 83.5 Å². The zero-order valence-electron chi connectivity index (χ0n) is 11.2. The van der Waals surface area contributed by atoms with Crippen LogP contribution in [-0.4, -0.2) is 64.3 Å². The summed E-state index contributed by atoms with van der Waals surface area (Å²) >= 11 is 4.72. The Labute approximate surface area is 158 Å². The van der Waals surface area contributed by atoms with Gasteiger partial charge in [0, 0.05) is 70.3 Å². The molecule has 0 aromatic rings. The summed E-state index contributed by atoms with van der Waals surface area (Å²) in [6.07, 6.45) is 0.352. The Kier molecular flexibility index (Phi) is 41.9. The van der Waals surface area contributed by atoms with Crippen LogP contribution in [-0.2, 0) is 74.6 Å². The normalized spacial score (nSPS) is 10.0. The van der Waals surface area contributed by atoms with Crippen molar-refractivity contribution in [3.63, 3.8) is 0 Å². The summed E-state index contributed by atoms with van der Waals surface area (Å²) in [7, 11) is 0. The molecule has 0 saturated heterocycles. The number of rotatable bonds is 8. The first-order valence-corrected chi connectivity index (χ1v) is 6.01. The first-order valence-electron chi connectivity index (χ1n) is 5.44. The average molecular weight is 546 g/mol. The molecule has 1 atom stereocenters. The molecule has 0 heterocycles. The molecule has 0 fully saturated rings. The molecule has 5 nitrogen and oxygen atoms in total. The molecule has 0 spiro atoms. The smallest absolute Gasteiger partial charge is 0.320 e. The van der Waals surface area contributed by atoms with Gasteiger partial charge < -0.3 is 27.9 Å². The molecule has 0 aliphatic rings. The van der Waals surface area contributed by atoms with E-state index < -0.39 is 12.0 Å². The van der Waals surface area contributed by atoms with Crippen LogP contribution in [0.1, 0.15) is 20.3 Å². The van der Waals surface area contributed by atoms with Crippen LogP contribution in [0.3, 0.4) is 0 Å². The molecule has 9 heteroatoms. The monoisotopic (exact) mass is 547 g/mol. The van der Waals surface area contributed by atoms with Crippen LogP contribution in [0.15, 0.2) is 0 Å². The summed E-state index contributed by atoms with van der Waals surface area (Å²) in [6.45, 7) is 4.24. The van der Waals surface area contributed by atoms with E-state index in [4.69, 9.17) is 27.9 Å². The van der Waals surface area contributed by atoms with Crippen LogP contribution < -0.4 is 0 Å². The molecule has 0 aromatic heterocycles. The number of aliphatic carboxylic acids is 1. The molecule has 3 radical (unpaired) electrons. The number of nitrogens with zero attached hydrogens (tertiary/aromatic N) is 1. The van der Waals surface area contributed by atoms with E-state index in [1.165, 1.54) is 4.90 Å². The summed E-state index contributed by atoms with van der Waals surface area (Å²) in [6, 6.07) is -0.702. The van der Waals surface area contributed by atoms with Crippen LogP contribution in [0.4, 0.5) is 0 Å². The molecule has 0 bridgehead atoms. The number of hydrogen-bond acceptors (Lipinski definition) is 5. The topological polar surface area (TPSA) is 81.0 Å². The van der Waals surface area contributed by atoms with Crippen molar-refractivity contribution in [2.45, 2.75) is 26.3 Å². The summed E-state index contributed by atoms with van der Waals surface area (Å²) in [5.74, 6) is -0.610. The van der Waals surface area contributed by atoms with Crippen molar-refractivity contribution in [2.75, 3.05) is 32.1 Å². The maximum atomic E-state index is 10.8. The second kappa shape index (κ2) is 24.5. The van der Waals surface area contributed by atoms with Gasteiger partial charge in [0.05, 0.1) is 13.2 Å². The minimum atomic E-state index is -0.961. The Morgan fingerprint density at radius 1 is 1.16 bits per heavy atom. The quantitative estimate of drug-likeness (QED) is 0.363. The van der Waals surface area contributed by atoms with Gasteiger partial charge in [0.15, 0.2) is 0 Å². The molecule has 0 saturated carbocycles. The minimum Gasteiger partial charge on any atom is -0.793 e. The fraction of sp³-hybridized carbons (Fsp3) is 0.900. The van der Waals surface area contributed by atoms with Crippen molar-refractivity contribution in [2.24, 2.45) is 0 Å². The van der Waals surface area contributed by atoms with Gasteiger partial charge in [-0.3, -0.25) is 9.69 Å². The van der Waals surface area contributed by atoms with Gasteiger partial charge in [-0.15, -0.1) is 0 Å². The number of aliphatic hydroxyl groups excluding tert-OH is 2. The number of carboxylic acid groups (broad SMARTS) is 1. The Morgan fingerprint density at radius 3 is 1.74 bits per heavy atom. The third-order valence-electron chi connectivity index (χ3n) is 1.89. The van der Waals surface area contributed by atoms with Crippen LogP contribution >= 0.6 is 0 Å². The van der Waals surface area contributed by atoms with E-state index in [1.807, 2.05) is 13.8 Å². The van der Waals surface area contributed by atoms with Crippen molar-refractivity contribution in [3.05, 3.63) is 0 Å². The Hall–Kier alpha value is 1.52. The van der Waals surface area contributed by atoms with Gasteiger partial charge in [0.2, 0.25) is 0 Å². The summed E-state index contributed by atoms with van der Waals surface area (Å²) in [5, 5.41) is 26.3. The van der Waals surface area contributed by atoms with Crippen molar-refractivity contribution < 1.29 is 77.3 Å². The molecular formula is C10H22IrNO4SV2-. The molecule has 3 N–H and O–H groups in total. The summed E-state index contributed by atoms with van der Waals surface area (Å²) in [5.41, 5.74) is 0. The van der Waals surface area contributed by atoms with Gasteiger partial charge in [-0.2, -0.15) is 5.75 Å². The standard InChI is InChI=1S/C8H17NO4S.C2H6.Ir.2V/c10-4-2-9(3-5-11)7(1-6-14)8(12)13;1-2;;;/h7,10-11,14H,1-6H2,(H,12,13);1-2H3;;;/p-1. The molecule has 0 aliphatic heterocycles. The Morgan fingerprint density at radius 2 is 1.53 bits per heavy atom. The molecule has 0 aliphatic carbocycles. The van der Waals surface area contributed by atoms with Crippen molar-refractivity contribution in [1.29, 1.82) is 0 Å². The van der Waals surface area contributed by atoms with Crippen molar-refractivity contribution in [3.8, 4) is 0 Å². The number of carboxylic acids is 1. The molecule has 19 heavy (non-hydrogen) atoms. The van der Waals surface area contributed by atoms with Gasteiger partial charge in [0.1, 0.15) is 6.04 Å². The van der Waals surface area contributed by atoms with Crippen molar-refractivity contribution >= 4 is 18.6 Å². The van der Waals surface area contributed by atoms with Gasteiger partial charge >= 0.3 is 5.97 Å². The fourth-order valence-corrected chi connectivity index (χ4v) is 1.48. The maximum Gasteiger partial charge on any atom is 0.320 e. The predicted octanol–water partition coefficient (Wildman–Crippen LogP) is -0.318. The van der Waals surface area contributed by atoms with Gasteiger partial charge in [-0.05, 0) is 6.42 Å². The second-order valence-electron chi connectivity index (χ2n) is 2.83.